The lowest BCUT2D eigenvalue weighted by molar-refractivity contribution is -0.130. The first-order chi connectivity index (χ1) is 9.70. The Hall–Kier alpha value is -0.910. The number of nitrogens with zero attached hydrogens (tertiary/aromatic N) is 2. The van der Waals surface area contributed by atoms with Crippen LogP contribution in [0, 0.1) is 0 Å². The van der Waals surface area contributed by atoms with Crippen LogP contribution in [-0.4, -0.2) is 47.4 Å². The SMILES string of the molecule is CCN1CCCC1CN1C(=O)C(C)NC1c1ccsc1. The van der Waals surface area contributed by atoms with Crippen molar-refractivity contribution in [3.63, 3.8) is 0 Å². The Bertz CT molecular complexity index is 462. The number of likely N-dealkylation sites (N-methyl/N-ethyl adjacent to an activating group) is 1. The lowest BCUT2D eigenvalue weighted by Crippen LogP contribution is -2.42. The van der Waals surface area contributed by atoms with Gasteiger partial charge in [0.05, 0.1) is 6.04 Å². The quantitative estimate of drug-likeness (QED) is 0.923. The van der Waals surface area contributed by atoms with Crippen LogP contribution < -0.4 is 5.32 Å². The zero-order chi connectivity index (χ0) is 14.1. The van der Waals surface area contributed by atoms with Crippen LogP contribution in [0.15, 0.2) is 16.8 Å². The Morgan fingerprint density at radius 3 is 3.05 bits per heavy atom. The second-order valence-corrected chi connectivity index (χ2v) is 6.54. The van der Waals surface area contributed by atoms with Gasteiger partial charge in [0.15, 0.2) is 0 Å². The zero-order valence-electron chi connectivity index (χ0n) is 12.2. The van der Waals surface area contributed by atoms with E-state index >= 15 is 0 Å². The molecular formula is C15H23N3OS. The van der Waals surface area contributed by atoms with E-state index in [0.717, 1.165) is 13.1 Å². The Morgan fingerprint density at radius 2 is 2.35 bits per heavy atom. The van der Waals surface area contributed by atoms with Gasteiger partial charge in [-0.2, -0.15) is 11.3 Å². The number of hydrogen-bond donors (Lipinski definition) is 1. The Labute approximate surface area is 124 Å². The van der Waals surface area contributed by atoms with Gasteiger partial charge in [-0.15, -0.1) is 0 Å². The number of amides is 1. The molecule has 2 aliphatic heterocycles. The molecule has 20 heavy (non-hydrogen) atoms. The van der Waals surface area contributed by atoms with Crippen LogP contribution >= 0.6 is 11.3 Å². The molecule has 2 fully saturated rings. The second kappa shape index (κ2) is 5.84. The summed E-state index contributed by atoms with van der Waals surface area (Å²) >= 11 is 1.69. The van der Waals surface area contributed by atoms with E-state index in [2.05, 4.69) is 34.0 Å². The van der Waals surface area contributed by atoms with Crippen molar-refractivity contribution >= 4 is 17.2 Å². The van der Waals surface area contributed by atoms with E-state index in [1.165, 1.54) is 24.9 Å². The molecule has 1 aromatic heterocycles. The van der Waals surface area contributed by atoms with Gasteiger partial charge >= 0.3 is 0 Å². The van der Waals surface area contributed by atoms with Crippen molar-refractivity contribution < 1.29 is 4.79 Å². The first kappa shape index (κ1) is 14.0. The number of rotatable bonds is 4. The van der Waals surface area contributed by atoms with E-state index in [9.17, 15) is 4.79 Å². The molecule has 3 atom stereocenters. The maximum atomic E-state index is 12.4. The Balaban J connectivity index is 1.76. The van der Waals surface area contributed by atoms with Crippen LogP contribution in [0.1, 0.15) is 38.4 Å². The summed E-state index contributed by atoms with van der Waals surface area (Å²) in [5.41, 5.74) is 1.22. The molecule has 1 N–H and O–H groups in total. The van der Waals surface area contributed by atoms with Crippen LogP contribution in [0.2, 0.25) is 0 Å². The molecule has 4 nitrogen and oxygen atoms in total. The molecule has 110 valence electrons. The van der Waals surface area contributed by atoms with Gasteiger partial charge in [-0.25, -0.2) is 0 Å². The summed E-state index contributed by atoms with van der Waals surface area (Å²) in [5, 5.41) is 7.65. The van der Waals surface area contributed by atoms with E-state index in [0.29, 0.717) is 6.04 Å². The monoisotopic (exact) mass is 293 g/mol. The van der Waals surface area contributed by atoms with Crippen molar-refractivity contribution in [2.45, 2.75) is 44.9 Å². The third-order valence-corrected chi connectivity index (χ3v) is 5.25. The van der Waals surface area contributed by atoms with Gasteiger partial charge in [0, 0.05) is 12.6 Å². The molecule has 1 amide bonds. The number of nitrogens with one attached hydrogen (secondary N) is 1. The second-order valence-electron chi connectivity index (χ2n) is 5.76. The van der Waals surface area contributed by atoms with E-state index in [-0.39, 0.29) is 18.1 Å². The van der Waals surface area contributed by atoms with E-state index < -0.39 is 0 Å². The van der Waals surface area contributed by atoms with Crippen LogP contribution in [0.5, 0.6) is 0 Å². The average molecular weight is 293 g/mol. The fourth-order valence-electron chi connectivity index (χ4n) is 3.42. The van der Waals surface area contributed by atoms with Gasteiger partial charge in [0.1, 0.15) is 6.17 Å². The highest BCUT2D eigenvalue weighted by Crippen LogP contribution is 2.29. The van der Waals surface area contributed by atoms with Crippen molar-refractivity contribution in [1.29, 1.82) is 0 Å². The summed E-state index contributed by atoms with van der Waals surface area (Å²) in [7, 11) is 0. The van der Waals surface area contributed by atoms with Crippen LogP contribution in [0.4, 0.5) is 0 Å². The molecule has 2 saturated heterocycles. The molecule has 0 aromatic carbocycles. The number of carbonyl (C=O) groups is 1. The van der Waals surface area contributed by atoms with Crippen LogP contribution in [0.25, 0.3) is 0 Å². The summed E-state index contributed by atoms with van der Waals surface area (Å²) < 4.78 is 0. The largest absolute Gasteiger partial charge is 0.320 e. The maximum Gasteiger partial charge on any atom is 0.241 e. The Kier molecular flexibility index (Phi) is 4.10. The third-order valence-electron chi connectivity index (χ3n) is 4.54. The molecule has 3 rings (SSSR count). The zero-order valence-corrected chi connectivity index (χ0v) is 13.0. The van der Waals surface area contributed by atoms with Gasteiger partial charge in [-0.05, 0) is 55.2 Å². The highest BCUT2D eigenvalue weighted by molar-refractivity contribution is 7.07. The molecule has 5 heteroatoms. The molecule has 0 aliphatic carbocycles. The normalized spacial score (nSPS) is 31.4. The van der Waals surface area contributed by atoms with Gasteiger partial charge in [0.2, 0.25) is 5.91 Å². The molecule has 2 aliphatic rings. The van der Waals surface area contributed by atoms with Gasteiger partial charge < -0.3 is 4.90 Å². The third kappa shape index (κ3) is 2.50. The predicted octanol–water partition coefficient (Wildman–Crippen LogP) is 2.05. The van der Waals surface area contributed by atoms with Crippen molar-refractivity contribution in [2.75, 3.05) is 19.6 Å². The minimum atomic E-state index is -0.0728. The topological polar surface area (TPSA) is 35.6 Å². The molecule has 1 aromatic rings. The van der Waals surface area contributed by atoms with Crippen LogP contribution in [0.3, 0.4) is 0 Å². The fraction of sp³-hybridized carbons (Fsp3) is 0.667. The van der Waals surface area contributed by atoms with Gasteiger partial charge in [0.25, 0.3) is 0 Å². The maximum absolute atomic E-state index is 12.4. The first-order valence-electron chi connectivity index (χ1n) is 7.53. The summed E-state index contributed by atoms with van der Waals surface area (Å²) in [6, 6.07) is 2.57. The standard InChI is InChI=1S/C15H23N3OS/c1-3-17-7-4-5-13(17)9-18-14(12-6-8-20-10-12)16-11(2)15(18)19/h6,8,10-11,13-14,16H,3-5,7,9H2,1-2H3. The summed E-state index contributed by atoms with van der Waals surface area (Å²) in [6.45, 7) is 7.29. The van der Waals surface area contributed by atoms with Crippen molar-refractivity contribution in [2.24, 2.45) is 0 Å². The lowest BCUT2D eigenvalue weighted by atomic mass is 10.1. The molecule has 3 unspecified atom stereocenters. The summed E-state index contributed by atoms with van der Waals surface area (Å²) in [4.78, 5) is 17.0. The first-order valence-corrected chi connectivity index (χ1v) is 8.47. The Morgan fingerprint density at radius 1 is 1.50 bits per heavy atom. The van der Waals surface area contributed by atoms with Crippen molar-refractivity contribution in [3.8, 4) is 0 Å². The fourth-order valence-corrected chi connectivity index (χ4v) is 4.10. The predicted molar refractivity (Wildman–Crippen MR) is 81.6 cm³/mol. The lowest BCUT2D eigenvalue weighted by Gasteiger charge is -2.31. The molecule has 0 radical (unpaired) electrons. The molecular weight excluding hydrogens is 270 g/mol. The minimum Gasteiger partial charge on any atom is -0.320 e. The minimum absolute atomic E-state index is 0.0584. The van der Waals surface area contributed by atoms with Crippen LogP contribution in [-0.2, 0) is 4.79 Å². The van der Waals surface area contributed by atoms with Crippen molar-refractivity contribution in [3.05, 3.63) is 22.4 Å². The highest BCUT2D eigenvalue weighted by Gasteiger charge is 2.39. The molecule has 0 spiro atoms. The summed E-state index contributed by atoms with van der Waals surface area (Å²) in [5.74, 6) is 0.240. The molecule has 0 bridgehead atoms. The average Bonchev–Trinajstić information content (AvgIpc) is 3.15. The molecule has 0 saturated carbocycles. The number of likely N-dealkylation sites (tertiary alicyclic amines) is 1. The summed E-state index contributed by atoms with van der Waals surface area (Å²) in [6.07, 6.45) is 2.53. The number of thiophene rings is 1. The van der Waals surface area contributed by atoms with Gasteiger partial charge in [-0.1, -0.05) is 6.92 Å². The van der Waals surface area contributed by atoms with E-state index in [1.807, 2.05) is 11.8 Å². The van der Waals surface area contributed by atoms with E-state index in [1.54, 1.807) is 11.3 Å². The molecule has 3 heterocycles. The van der Waals surface area contributed by atoms with Gasteiger partial charge in [-0.3, -0.25) is 15.0 Å². The van der Waals surface area contributed by atoms with E-state index in [4.69, 9.17) is 0 Å². The smallest absolute Gasteiger partial charge is 0.241 e. The number of hydrogen-bond acceptors (Lipinski definition) is 4. The van der Waals surface area contributed by atoms with Crippen molar-refractivity contribution in [1.82, 2.24) is 15.1 Å². The highest BCUT2D eigenvalue weighted by atomic mass is 32.1. The number of carbonyl (C=O) groups excluding carboxylic acids is 1.